The van der Waals surface area contributed by atoms with Crippen LogP contribution in [-0.4, -0.2) is 16.7 Å². The van der Waals surface area contributed by atoms with E-state index in [4.69, 9.17) is 11.5 Å². The average molecular weight is 210 g/mol. The van der Waals surface area contributed by atoms with Crippen LogP contribution < -0.4 is 11.5 Å². The molecule has 0 aromatic rings. The molecule has 3 heteroatoms. The van der Waals surface area contributed by atoms with Crippen LogP contribution in [0.5, 0.6) is 0 Å². The van der Waals surface area contributed by atoms with Crippen LogP contribution in [0.4, 0.5) is 0 Å². The Kier molecular flexibility index (Phi) is 2.99. The third-order valence-electron chi connectivity index (χ3n) is 3.87. The molecule has 0 aromatic heterocycles. The smallest absolute Gasteiger partial charge is 0.0991 e. The normalized spacial score (nSPS) is 32.3. The van der Waals surface area contributed by atoms with Crippen LogP contribution in [0.2, 0.25) is 0 Å². The van der Waals surface area contributed by atoms with Gasteiger partial charge >= 0.3 is 0 Å². The summed E-state index contributed by atoms with van der Waals surface area (Å²) in [5.74, 6) is 0. The molecule has 15 heavy (non-hydrogen) atoms. The number of allylic oxidation sites excluding steroid dienone is 2. The van der Waals surface area contributed by atoms with E-state index in [-0.39, 0.29) is 5.41 Å². The van der Waals surface area contributed by atoms with Crippen molar-refractivity contribution in [1.82, 2.24) is 0 Å². The molecule has 3 nitrogen and oxygen atoms in total. The number of rotatable bonds is 2. The highest BCUT2D eigenvalue weighted by molar-refractivity contribution is 5.38. The Balaban J connectivity index is 3.24. The van der Waals surface area contributed by atoms with Crippen LogP contribution in [0, 0.1) is 5.41 Å². The van der Waals surface area contributed by atoms with Gasteiger partial charge in [0.1, 0.15) is 0 Å². The summed E-state index contributed by atoms with van der Waals surface area (Å²) < 4.78 is 0. The molecule has 2 unspecified atom stereocenters. The number of nitrogens with two attached hydrogens (primary N) is 2. The summed E-state index contributed by atoms with van der Waals surface area (Å²) >= 11 is 0. The first-order chi connectivity index (χ1) is 6.77. The van der Waals surface area contributed by atoms with Crippen molar-refractivity contribution in [2.24, 2.45) is 16.9 Å². The highest BCUT2D eigenvalue weighted by Gasteiger charge is 2.49. The summed E-state index contributed by atoms with van der Waals surface area (Å²) in [5.41, 5.74) is 12.6. The van der Waals surface area contributed by atoms with Crippen LogP contribution >= 0.6 is 0 Å². The summed E-state index contributed by atoms with van der Waals surface area (Å²) in [6.45, 7) is 8.01. The lowest BCUT2D eigenvalue weighted by Crippen LogP contribution is -2.64. The van der Waals surface area contributed by atoms with E-state index in [9.17, 15) is 5.11 Å². The molecule has 0 fully saturated rings. The molecule has 0 bridgehead atoms. The molecular weight excluding hydrogens is 188 g/mol. The van der Waals surface area contributed by atoms with Crippen LogP contribution in [0.25, 0.3) is 0 Å². The lowest BCUT2D eigenvalue weighted by atomic mass is 9.63. The zero-order chi connectivity index (χ0) is 11.9. The van der Waals surface area contributed by atoms with Crippen molar-refractivity contribution in [3.8, 4) is 0 Å². The van der Waals surface area contributed by atoms with Gasteiger partial charge in [0.2, 0.25) is 0 Å². The zero-order valence-corrected chi connectivity index (χ0v) is 10.0. The largest absolute Gasteiger partial charge is 0.400 e. The second-order valence-corrected chi connectivity index (χ2v) is 5.04. The quantitative estimate of drug-likeness (QED) is 0.643. The predicted octanol–water partition coefficient (Wildman–Crippen LogP) is 1.28. The van der Waals surface area contributed by atoms with Gasteiger partial charge in [-0.2, -0.15) is 0 Å². The van der Waals surface area contributed by atoms with Gasteiger partial charge in [-0.1, -0.05) is 26.8 Å². The highest BCUT2D eigenvalue weighted by Crippen LogP contribution is 2.41. The lowest BCUT2D eigenvalue weighted by Gasteiger charge is -2.48. The van der Waals surface area contributed by atoms with Gasteiger partial charge < -0.3 is 16.6 Å². The maximum absolute atomic E-state index is 10.2. The Morgan fingerprint density at radius 1 is 1.47 bits per heavy atom. The lowest BCUT2D eigenvalue weighted by molar-refractivity contribution is 0.0480. The van der Waals surface area contributed by atoms with Crippen molar-refractivity contribution in [1.29, 1.82) is 0 Å². The van der Waals surface area contributed by atoms with Crippen molar-refractivity contribution < 1.29 is 5.11 Å². The Labute approximate surface area is 91.8 Å². The Morgan fingerprint density at radius 2 is 2.00 bits per heavy atom. The molecule has 0 aliphatic heterocycles. The van der Waals surface area contributed by atoms with Gasteiger partial charge in [-0.3, -0.25) is 0 Å². The molecular formula is C12H22N2O. The summed E-state index contributed by atoms with van der Waals surface area (Å²) in [5, 5.41) is 10.2. The van der Waals surface area contributed by atoms with Gasteiger partial charge in [0.15, 0.2) is 0 Å². The fourth-order valence-electron chi connectivity index (χ4n) is 2.02. The second kappa shape index (κ2) is 3.65. The van der Waals surface area contributed by atoms with Gasteiger partial charge in [0.05, 0.1) is 11.6 Å². The molecule has 2 atom stereocenters. The van der Waals surface area contributed by atoms with Gasteiger partial charge in [-0.15, -0.1) is 0 Å². The van der Waals surface area contributed by atoms with Gasteiger partial charge in [-0.25, -0.2) is 0 Å². The minimum atomic E-state index is -0.861. The molecule has 0 aromatic carbocycles. The van der Waals surface area contributed by atoms with Gasteiger partial charge in [0, 0.05) is 5.70 Å². The van der Waals surface area contributed by atoms with E-state index in [2.05, 4.69) is 6.92 Å². The van der Waals surface area contributed by atoms with E-state index in [0.29, 0.717) is 5.70 Å². The highest BCUT2D eigenvalue weighted by atomic mass is 16.3. The fourth-order valence-corrected chi connectivity index (χ4v) is 2.02. The van der Waals surface area contributed by atoms with E-state index in [1.54, 1.807) is 6.08 Å². The summed E-state index contributed by atoms with van der Waals surface area (Å²) in [6.07, 6.45) is 3.80. The Hall–Kier alpha value is -0.800. The van der Waals surface area contributed by atoms with Crippen molar-refractivity contribution in [2.75, 3.05) is 0 Å². The van der Waals surface area contributed by atoms with Crippen LogP contribution in [0.15, 0.2) is 23.4 Å². The van der Waals surface area contributed by atoms with Crippen molar-refractivity contribution in [3.63, 3.8) is 0 Å². The standard InChI is InChI=1S/C12H22N2O/c1-5-11(3,4)12(14)9(13)7-6-8(2)10(12)15/h6-7,10,15H,5,13-14H2,1-4H3. The average Bonchev–Trinajstić information content (AvgIpc) is 2.20. The maximum Gasteiger partial charge on any atom is 0.0991 e. The molecule has 86 valence electrons. The summed E-state index contributed by atoms with van der Waals surface area (Å²) in [6, 6.07) is 0. The van der Waals surface area contributed by atoms with E-state index in [1.165, 1.54) is 0 Å². The molecule has 0 spiro atoms. The number of aliphatic hydroxyl groups is 1. The first-order valence-corrected chi connectivity index (χ1v) is 5.38. The minimum absolute atomic E-state index is 0.234. The summed E-state index contributed by atoms with van der Waals surface area (Å²) in [7, 11) is 0. The molecule has 0 heterocycles. The van der Waals surface area contributed by atoms with E-state index >= 15 is 0 Å². The third kappa shape index (κ3) is 1.60. The second-order valence-electron chi connectivity index (χ2n) is 5.04. The van der Waals surface area contributed by atoms with Crippen LogP contribution in [0.3, 0.4) is 0 Å². The first-order valence-electron chi connectivity index (χ1n) is 5.38. The van der Waals surface area contributed by atoms with Crippen LogP contribution in [0.1, 0.15) is 34.1 Å². The molecule has 0 saturated carbocycles. The third-order valence-corrected chi connectivity index (χ3v) is 3.87. The van der Waals surface area contributed by atoms with E-state index < -0.39 is 11.6 Å². The first kappa shape index (κ1) is 12.3. The van der Waals surface area contributed by atoms with Crippen molar-refractivity contribution in [2.45, 2.75) is 45.8 Å². The van der Waals surface area contributed by atoms with Gasteiger partial charge in [-0.05, 0) is 30.4 Å². The fraction of sp³-hybridized carbons (Fsp3) is 0.667. The molecule has 5 N–H and O–H groups in total. The zero-order valence-electron chi connectivity index (χ0n) is 10.0. The number of hydrogen-bond donors (Lipinski definition) is 3. The predicted molar refractivity (Wildman–Crippen MR) is 63.0 cm³/mol. The topological polar surface area (TPSA) is 72.3 Å². The molecule has 1 aliphatic rings. The molecule has 1 rings (SSSR count). The van der Waals surface area contributed by atoms with Crippen molar-refractivity contribution in [3.05, 3.63) is 23.4 Å². The Morgan fingerprint density at radius 3 is 2.47 bits per heavy atom. The molecule has 0 saturated heterocycles. The monoisotopic (exact) mass is 210 g/mol. The summed E-state index contributed by atoms with van der Waals surface area (Å²) in [4.78, 5) is 0. The molecule has 0 amide bonds. The van der Waals surface area contributed by atoms with E-state index in [0.717, 1.165) is 12.0 Å². The number of hydrogen-bond acceptors (Lipinski definition) is 3. The van der Waals surface area contributed by atoms with E-state index in [1.807, 2.05) is 26.8 Å². The van der Waals surface area contributed by atoms with Gasteiger partial charge in [0.25, 0.3) is 0 Å². The maximum atomic E-state index is 10.2. The Bertz CT molecular complexity index is 318. The SMILES string of the molecule is CCC(C)(C)C1(N)C(N)=CC=C(C)C1O. The molecule has 1 aliphatic carbocycles. The van der Waals surface area contributed by atoms with Crippen LogP contribution in [-0.2, 0) is 0 Å². The van der Waals surface area contributed by atoms with Crippen molar-refractivity contribution >= 4 is 0 Å². The molecule has 0 radical (unpaired) electrons. The minimum Gasteiger partial charge on any atom is -0.400 e. The number of aliphatic hydroxyl groups excluding tert-OH is 1.